The van der Waals surface area contributed by atoms with Crippen molar-refractivity contribution in [2.75, 3.05) is 0 Å². The summed E-state index contributed by atoms with van der Waals surface area (Å²) in [5, 5.41) is 0. The van der Waals surface area contributed by atoms with Crippen molar-refractivity contribution in [3.05, 3.63) is 29.6 Å². The van der Waals surface area contributed by atoms with Gasteiger partial charge in [0, 0.05) is 6.20 Å². The SMILES string of the molecule is CCCCCCCCCC.Cc1ccnc(C(F)F)c1. The summed E-state index contributed by atoms with van der Waals surface area (Å²) in [6, 6.07) is 3.07. The summed E-state index contributed by atoms with van der Waals surface area (Å²) >= 11 is 0. The maximum absolute atomic E-state index is 11.9. The molecule has 0 fully saturated rings. The fourth-order valence-corrected chi connectivity index (χ4v) is 1.89. The number of rotatable bonds is 8. The fraction of sp³-hybridized carbons (Fsp3) is 0.706. The Morgan fingerprint density at radius 2 is 1.45 bits per heavy atom. The van der Waals surface area contributed by atoms with E-state index in [0.29, 0.717) is 0 Å². The van der Waals surface area contributed by atoms with Crippen LogP contribution >= 0.6 is 0 Å². The lowest BCUT2D eigenvalue weighted by molar-refractivity contribution is 0.146. The summed E-state index contributed by atoms with van der Waals surface area (Å²) in [6.07, 6.45) is 10.4. The minimum absolute atomic E-state index is 0.153. The first-order valence-corrected chi connectivity index (χ1v) is 7.82. The highest BCUT2D eigenvalue weighted by Gasteiger charge is 2.06. The molecule has 116 valence electrons. The fourth-order valence-electron chi connectivity index (χ4n) is 1.89. The Morgan fingerprint density at radius 1 is 0.950 bits per heavy atom. The van der Waals surface area contributed by atoms with Crippen molar-refractivity contribution in [3.8, 4) is 0 Å². The van der Waals surface area contributed by atoms with Gasteiger partial charge in [0.05, 0.1) is 0 Å². The molecule has 0 aliphatic rings. The predicted octanol–water partition coefficient (Wildman–Crippen LogP) is 6.47. The van der Waals surface area contributed by atoms with E-state index in [9.17, 15) is 8.78 Å². The van der Waals surface area contributed by atoms with Crippen molar-refractivity contribution in [1.82, 2.24) is 4.98 Å². The summed E-state index contributed by atoms with van der Waals surface area (Å²) in [4.78, 5) is 3.49. The van der Waals surface area contributed by atoms with E-state index in [0.717, 1.165) is 5.56 Å². The Labute approximate surface area is 122 Å². The summed E-state index contributed by atoms with van der Waals surface area (Å²) in [7, 11) is 0. The summed E-state index contributed by atoms with van der Waals surface area (Å²) < 4.78 is 23.8. The molecule has 0 aromatic carbocycles. The van der Waals surface area contributed by atoms with Gasteiger partial charge in [-0.1, -0.05) is 65.2 Å². The molecule has 0 atom stereocenters. The Morgan fingerprint density at radius 3 is 1.80 bits per heavy atom. The molecule has 0 N–H and O–H groups in total. The van der Waals surface area contributed by atoms with Gasteiger partial charge < -0.3 is 0 Å². The molecule has 1 aromatic heterocycles. The van der Waals surface area contributed by atoms with Crippen LogP contribution in [-0.4, -0.2) is 4.98 Å². The van der Waals surface area contributed by atoms with Crippen LogP contribution in [0.1, 0.15) is 82.9 Å². The third-order valence-electron chi connectivity index (χ3n) is 3.12. The molecule has 0 radical (unpaired) electrons. The zero-order chi connectivity index (χ0) is 15.2. The maximum Gasteiger partial charge on any atom is 0.280 e. The highest BCUT2D eigenvalue weighted by molar-refractivity contribution is 5.14. The smallest absolute Gasteiger partial charge is 0.255 e. The third-order valence-corrected chi connectivity index (χ3v) is 3.12. The quantitative estimate of drug-likeness (QED) is 0.498. The van der Waals surface area contributed by atoms with Crippen LogP contribution in [0.5, 0.6) is 0 Å². The molecule has 1 aromatic rings. The van der Waals surface area contributed by atoms with E-state index in [-0.39, 0.29) is 5.69 Å². The average molecular weight is 285 g/mol. The topological polar surface area (TPSA) is 12.9 Å². The maximum atomic E-state index is 11.9. The lowest BCUT2D eigenvalue weighted by Crippen LogP contribution is -1.88. The number of unbranched alkanes of at least 4 members (excludes halogenated alkanes) is 7. The summed E-state index contributed by atoms with van der Waals surface area (Å²) in [6.45, 7) is 6.30. The summed E-state index contributed by atoms with van der Waals surface area (Å²) in [5.41, 5.74) is 0.658. The minimum Gasteiger partial charge on any atom is -0.255 e. The molecular formula is C17H29F2N. The van der Waals surface area contributed by atoms with Crippen LogP contribution in [0.25, 0.3) is 0 Å². The number of aromatic nitrogens is 1. The average Bonchev–Trinajstić information content (AvgIpc) is 2.43. The molecule has 0 saturated heterocycles. The Hall–Kier alpha value is -0.990. The second-order valence-corrected chi connectivity index (χ2v) is 5.18. The molecule has 1 nitrogen and oxygen atoms in total. The first-order chi connectivity index (χ1) is 9.61. The number of hydrogen-bond acceptors (Lipinski definition) is 1. The Kier molecular flexibility index (Phi) is 12.4. The van der Waals surface area contributed by atoms with E-state index in [2.05, 4.69) is 18.8 Å². The van der Waals surface area contributed by atoms with Gasteiger partial charge in [-0.05, 0) is 24.6 Å². The van der Waals surface area contributed by atoms with E-state index >= 15 is 0 Å². The Balaban J connectivity index is 0.000000361. The van der Waals surface area contributed by atoms with Gasteiger partial charge in [0.15, 0.2) is 0 Å². The van der Waals surface area contributed by atoms with Gasteiger partial charge in [-0.15, -0.1) is 0 Å². The van der Waals surface area contributed by atoms with Gasteiger partial charge in [0.2, 0.25) is 0 Å². The second kappa shape index (κ2) is 13.0. The van der Waals surface area contributed by atoms with Crippen molar-refractivity contribution in [3.63, 3.8) is 0 Å². The first kappa shape index (κ1) is 19.0. The van der Waals surface area contributed by atoms with E-state index < -0.39 is 6.43 Å². The molecule has 3 heteroatoms. The van der Waals surface area contributed by atoms with Gasteiger partial charge in [-0.3, -0.25) is 4.98 Å². The predicted molar refractivity (Wildman–Crippen MR) is 82.2 cm³/mol. The number of hydrogen-bond donors (Lipinski definition) is 0. The molecule has 0 unspecified atom stereocenters. The molecule has 0 aliphatic carbocycles. The zero-order valence-electron chi connectivity index (χ0n) is 13.2. The van der Waals surface area contributed by atoms with Crippen molar-refractivity contribution in [2.24, 2.45) is 0 Å². The van der Waals surface area contributed by atoms with Crippen LogP contribution in [0.4, 0.5) is 8.78 Å². The van der Waals surface area contributed by atoms with Gasteiger partial charge in [0.25, 0.3) is 6.43 Å². The van der Waals surface area contributed by atoms with E-state index in [1.807, 2.05) is 0 Å². The number of pyridine rings is 1. The van der Waals surface area contributed by atoms with Crippen molar-refractivity contribution in [2.45, 2.75) is 78.6 Å². The zero-order valence-corrected chi connectivity index (χ0v) is 13.2. The van der Waals surface area contributed by atoms with E-state index in [1.165, 1.54) is 63.6 Å². The van der Waals surface area contributed by atoms with Crippen molar-refractivity contribution < 1.29 is 8.78 Å². The minimum atomic E-state index is -2.46. The lowest BCUT2D eigenvalue weighted by atomic mass is 10.1. The molecule has 0 aliphatic heterocycles. The Bertz CT molecular complexity index is 319. The number of aryl methyl sites for hydroxylation is 1. The van der Waals surface area contributed by atoms with Crippen LogP contribution in [0.2, 0.25) is 0 Å². The van der Waals surface area contributed by atoms with Crippen molar-refractivity contribution in [1.29, 1.82) is 0 Å². The molecule has 0 spiro atoms. The number of nitrogens with zero attached hydrogens (tertiary/aromatic N) is 1. The van der Waals surface area contributed by atoms with Crippen molar-refractivity contribution >= 4 is 0 Å². The first-order valence-electron chi connectivity index (χ1n) is 7.82. The summed E-state index contributed by atoms with van der Waals surface area (Å²) in [5.74, 6) is 0. The van der Waals surface area contributed by atoms with Crippen LogP contribution < -0.4 is 0 Å². The molecule has 0 bridgehead atoms. The molecule has 0 saturated carbocycles. The molecule has 20 heavy (non-hydrogen) atoms. The van der Waals surface area contributed by atoms with Crippen LogP contribution in [0, 0.1) is 6.92 Å². The van der Waals surface area contributed by atoms with Crippen LogP contribution in [0.3, 0.4) is 0 Å². The highest BCUT2D eigenvalue weighted by atomic mass is 19.3. The molecular weight excluding hydrogens is 256 g/mol. The van der Waals surface area contributed by atoms with Gasteiger partial charge in [-0.2, -0.15) is 0 Å². The lowest BCUT2D eigenvalue weighted by Gasteiger charge is -1.97. The second-order valence-electron chi connectivity index (χ2n) is 5.18. The van der Waals surface area contributed by atoms with Crippen LogP contribution in [0.15, 0.2) is 18.3 Å². The van der Waals surface area contributed by atoms with Gasteiger partial charge in [-0.25, -0.2) is 8.78 Å². The molecule has 1 heterocycles. The molecule has 0 amide bonds. The molecule has 1 rings (SSSR count). The highest BCUT2D eigenvalue weighted by Crippen LogP contribution is 2.15. The largest absolute Gasteiger partial charge is 0.280 e. The van der Waals surface area contributed by atoms with Gasteiger partial charge in [0.1, 0.15) is 5.69 Å². The van der Waals surface area contributed by atoms with Crippen LogP contribution in [-0.2, 0) is 0 Å². The normalized spacial score (nSPS) is 10.3. The van der Waals surface area contributed by atoms with Gasteiger partial charge >= 0.3 is 0 Å². The third kappa shape index (κ3) is 10.9. The van der Waals surface area contributed by atoms with E-state index in [4.69, 9.17) is 0 Å². The monoisotopic (exact) mass is 285 g/mol. The number of alkyl halides is 2. The standard InChI is InChI=1S/C10H22.C7H7F2N/c1-3-5-7-9-10-8-6-4-2;1-5-2-3-10-6(4-5)7(8)9/h3-10H2,1-2H3;2-4,7H,1H3. The number of halogens is 2. The van der Waals surface area contributed by atoms with E-state index in [1.54, 1.807) is 13.0 Å².